The van der Waals surface area contributed by atoms with Crippen LogP contribution in [0.4, 0.5) is 11.5 Å². The van der Waals surface area contributed by atoms with E-state index in [1.807, 2.05) is 59.5 Å². The molecule has 0 spiro atoms. The smallest absolute Gasteiger partial charge is 0.343 e. The van der Waals surface area contributed by atoms with Crippen LogP contribution in [0, 0.1) is 22.5 Å². The third-order valence-corrected chi connectivity index (χ3v) is 8.91. The van der Waals surface area contributed by atoms with Gasteiger partial charge in [0.05, 0.1) is 36.2 Å². The Balaban J connectivity index is 1.35. The molecule has 3 heterocycles. The summed E-state index contributed by atoms with van der Waals surface area (Å²) in [6, 6.07) is 20.9. The van der Waals surface area contributed by atoms with Gasteiger partial charge in [-0.05, 0) is 67.1 Å². The van der Waals surface area contributed by atoms with Gasteiger partial charge in [-0.1, -0.05) is 49.4 Å². The Hall–Kier alpha value is -6.11. The van der Waals surface area contributed by atoms with Crippen LogP contribution >= 0.6 is 0 Å². The van der Waals surface area contributed by atoms with Gasteiger partial charge >= 0.3 is 5.97 Å². The van der Waals surface area contributed by atoms with E-state index < -0.39 is 16.9 Å². The maximum atomic E-state index is 14.2. The van der Waals surface area contributed by atoms with Crippen molar-refractivity contribution in [3.63, 3.8) is 0 Å². The number of benzene rings is 3. The third-order valence-electron chi connectivity index (χ3n) is 8.91. The van der Waals surface area contributed by atoms with Crippen molar-refractivity contribution in [3.8, 4) is 17.2 Å². The first kappa shape index (κ1) is 32.4. The molecule has 13 nitrogen and oxygen atoms in total. The van der Waals surface area contributed by atoms with Crippen molar-refractivity contribution in [2.24, 2.45) is 5.41 Å². The first-order valence-corrected chi connectivity index (χ1v) is 16.3. The highest BCUT2D eigenvalue weighted by Crippen LogP contribution is 2.50. The Morgan fingerprint density at radius 1 is 1.04 bits per heavy atom. The van der Waals surface area contributed by atoms with Gasteiger partial charge in [0, 0.05) is 29.8 Å². The van der Waals surface area contributed by atoms with Crippen LogP contribution in [0.3, 0.4) is 0 Å². The number of hydrogen-bond donors (Lipinski definition) is 0. The number of allylic oxidation sites excluding steroid dienone is 2. The molecule has 7 rings (SSSR count). The normalized spacial score (nSPS) is 16.5. The number of Topliss-reactive ketones (excluding diaryl/α,β-unsaturated/α-hetero) is 1. The number of para-hydroxylation sites is 1. The van der Waals surface area contributed by atoms with Gasteiger partial charge in [0.25, 0.3) is 5.69 Å². The van der Waals surface area contributed by atoms with E-state index in [0.29, 0.717) is 52.7 Å². The minimum absolute atomic E-state index is 0.00961. The lowest BCUT2D eigenvalue weighted by Crippen LogP contribution is -2.42. The number of aryl methyl sites for hydroxylation is 1. The number of anilines is 1. The van der Waals surface area contributed by atoms with Crippen LogP contribution in [0.5, 0.6) is 11.5 Å². The van der Waals surface area contributed by atoms with E-state index in [-0.39, 0.29) is 35.6 Å². The van der Waals surface area contributed by atoms with Crippen LogP contribution in [0.2, 0.25) is 0 Å². The molecule has 50 heavy (non-hydrogen) atoms. The van der Waals surface area contributed by atoms with Gasteiger partial charge in [-0.3, -0.25) is 14.9 Å². The number of nitro benzene ring substituents is 1. The number of rotatable bonds is 9. The largest absolute Gasteiger partial charge is 0.462 e. The molecule has 0 saturated carbocycles. The Morgan fingerprint density at radius 2 is 1.82 bits per heavy atom. The number of carbonyl (C=O) groups is 2. The number of ketones is 1. The van der Waals surface area contributed by atoms with Crippen molar-refractivity contribution in [2.75, 3.05) is 11.5 Å². The zero-order valence-electron chi connectivity index (χ0n) is 28.1. The molecule has 0 amide bonds. The Bertz CT molecular complexity index is 2170. The zero-order valence-corrected chi connectivity index (χ0v) is 28.1. The van der Waals surface area contributed by atoms with Gasteiger partial charge in [0.15, 0.2) is 5.78 Å². The summed E-state index contributed by atoms with van der Waals surface area (Å²) in [6.07, 6.45) is 4.12. The first-order chi connectivity index (χ1) is 24.0. The number of nitrogens with zero attached hydrogens (tertiary/aromatic N) is 7. The van der Waals surface area contributed by atoms with Crippen LogP contribution in [0.1, 0.15) is 66.8 Å². The molecular weight excluding hydrogens is 638 g/mol. The summed E-state index contributed by atoms with van der Waals surface area (Å²) in [5.74, 6) is 1.21. The van der Waals surface area contributed by atoms with Crippen LogP contribution in [-0.4, -0.2) is 48.1 Å². The maximum Gasteiger partial charge on any atom is 0.343 e. The van der Waals surface area contributed by atoms with E-state index in [2.05, 4.69) is 24.2 Å². The maximum absolute atomic E-state index is 14.2. The number of fused-ring (bicyclic) bond motifs is 1. The molecule has 1 unspecified atom stereocenters. The molecule has 3 aromatic carbocycles. The topological polar surface area (TPSA) is 148 Å². The summed E-state index contributed by atoms with van der Waals surface area (Å²) in [6.45, 7) is 7.97. The third kappa shape index (κ3) is 6.02. The van der Waals surface area contributed by atoms with E-state index in [0.717, 1.165) is 11.3 Å². The first-order valence-electron chi connectivity index (χ1n) is 16.3. The van der Waals surface area contributed by atoms with Gasteiger partial charge in [-0.15, -0.1) is 5.10 Å². The molecule has 0 bridgehead atoms. The Kier molecular flexibility index (Phi) is 8.26. The fourth-order valence-electron chi connectivity index (χ4n) is 6.78. The Morgan fingerprint density at radius 3 is 2.56 bits per heavy atom. The minimum Gasteiger partial charge on any atom is -0.462 e. The number of esters is 1. The van der Waals surface area contributed by atoms with Crippen molar-refractivity contribution < 1.29 is 24.0 Å². The summed E-state index contributed by atoms with van der Waals surface area (Å²) in [7, 11) is 0. The lowest BCUT2D eigenvalue weighted by atomic mass is 9.72. The van der Waals surface area contributed by atoms with Gasteiger partial charge in [-0.25, -0.2) is 14.2 Å². The second-order valence-electron chi connectivity index (χ2n) is 13.2. The summed E-state index contributed by atoms with van der Waals surface area (Å²) >= 11 is 0. The van der Waals surface area contributed by atoms with E-state index in [9.17, 15) is 19.7 Å². The van der Waals surface area contributed by atoms with Crippen LogP contribution in [0.25, 0.3) is 5.69 Å². The quantitative estimate of drug-likeness (QED) is 0.0919. The number of ether oxygens (including phenoxy) is 2. The molecule has 1 aliphatic carbocycles. The molecule has 0 saturated heterocycles. The summed E-state index contributed by atoms with van der Waals surface area (Å²) in [4.78, 5) is 40.5. The SMILES string of the molecule is CCOC(=O)c1cnn2c1N(Cc1cn(-c3ccc([N+](=O)[O-])cc3C)nn1)C1=C(C(=O)CC(C)(C)C1)C2c1cccc(Oc2ccccc2)c1. The average Bonchev–Trinajstić information content (AvgIpc) is 3.73. The molecule has 0 N–H and O–H groups in total. The molecule has 1 aliphatic heterocycles. The van der Waals surface area contributed by atoms with E-state index in [1.54, 1.807) is 35.5 Å². The van der Waals surface area contributed by atoms with E-state index >= 15 is 0 Å². The van der Waals surface area contributed by atoms with Gasteiger partial charge in [0.1, 0.15) is 34.6 Å². The predicted molar refractivity (Wildman–Crippen MR) is 183 cm³/mol. The second-order valence-corrected chi connectivity index (χ2v) is 13.2. The van der Waals surface area contributed by atoms with Crippen molar-refractivity contribution >= 4 is 23.3 Å². The Labute approximate surface area is 287 Å². The summed E-state index contributed by atoms with van der Waals surface area (Å²) < 4.78 is 14.9. The van der Waals surface area contributed by atoms with Crippen molar-refractivity contribution in [2.45, 2.75) is 53.1 Å². The highest BCUT2D eigenvalue weighted by atomic mass is 16.6. The number of aromatic nitrogens is 5. The average molecular weight is 674 g/mol. The van der Waals surface area contributed by atoms with E-state index in [1.165, 1.54) is 18.3 Å². The minimum atomic E-state index is -0.638. The van der Waals surface area contributed by atoms with Gasteiger partial charge < -0.3 is 14.4 Å². The second kappa shape index (κ2) is 12.7. The lowest BCUT2D eigenvalue weighted by molar-refractivity contribution is -0.384. The standard InChI is InChI=1S/C37H35N7O6/c1-5-49-36(46)29-20-38-43-34(24-10-9-13-28(17-24)50-27-11-7-6-8-12-27)33-31(18-37(3,4)19-32(33)45)41(35(29)43)21-25-22-42(40-39-25)30-15-14-26(44(47)48)16-23(30)2/h6-17,20,22,34H,5,18-19,21H2,1-4H3. The fourth-order valence-corrected chi connectivity index (χ4v) is 6.78. The fraction of sp³-hybridized carbons (Fsp3) is 0.270. The number of hydrogen-bond acceptors (Lipinski definition) is 10. The summed E-state index contributed by atoms with van der Waals surface area (Å²) in [5, 5.41) is 24.8. The molecule has 254 valence electrons. The molecule has 2 aliphatic rings. The number of nitro groups is 1. The highest BCUT2D eigenvalue weighted by Gasteiger charge is 2.46. The lowest BCUT2D eigenvalue weighted by Gasteiger charge is -2.44. The zero-order chi connectivity index (χ0) is 35.2. The van der Waals surface area contributed by atoms with Gasteiger partial charge in [-0.2, -0.15) is 5.10 Å². The molecule has 0 fully saturated rings. The van der Waals surface area contributed by atoms with Gasteiger partial charge in [0.2, 0.25) is 0 Å². The van der Waals surface area contributed by atoms with Crippen molar-refractivity contribution in [1.29, 1.82) is 0 Å². The monoisotopic (exact) mass is 673 g/mol. The van der Waals surface area contributed by atoms with E-state index in [4.69, 9.17) is 14.6 Å². The molecule has 2 aromatic heterocycles. The molecular formula is C37H35N7O6. The predicted octanol–water partition coefficient (Wildman–Crippen LogP) is 6.90. The molecule has 0 radical (unpaired) electrons. The van der Waals surface area contributed by atoms with Crippen molar-refractivity contribution in [1.82, 2.24) is 24.8 Å². The molecule has 1 atom stereocenters. The van der Waals surface area contributed by atoms with Crippen LogP contribution < -0.4 is 9.64 Å². The van der Waals surface area contributed by atoms with Crippen molar-refractivity contribution in [3.05, 3.63) is 129 Å². The van der Waals surface area contributed by atoms with Crippen LogP contribution in [0.15, 0.2) is 96.5 Å². The summed E-state index contributed by atoms with van der Waals surface area (Å²) in [5.41, 5.74) is 3.85. The number of carbonyl (C=O) groups excluding carboxylic acids is 2. The van der Waals surface area contributed by atoms with Crippen LogP contribution in [-0.2, 0) is 16.1 Å². The molecule has 5 aromatic rings. The highest BCUT2D eigenvalue weighted by molar-refractivity contribution is 6.02. The molecule has 13 heteroatoms. The number of non-ortho nitro benzene ring substituents is 1.